The molecule has 1 fully saturated rings. The van der Waals surface area contributed by atoms with Crippen LogP contribution in [0.25, 0.3) is 10.9 Å². The molecule has 0 saturated carbocycles. The number of aryl methyl sites for hydroxylation is 1. The molecule has 0 spiro atoms. The Morgan fingerprint density at radius 3 is 2.71 bits per heavy atom. The van der Waals surface area contributed by atoms with Crippen LogP contribution in [0.2, 0.25) is 0 Å². The number of benzene rings is 1. The van der Waals surface area contributed by atoms with E-state index in [0.29, 0.717) is 11.2 Å². The number of anilines is 1. The van der Waals surface area contributed by atoms with E-state index in [0.717, 1.165) is 41.8 Å². The number of nitrogens with zero attached hydrogens (tertiary/aromatic N) is 3. The third kappa shape index (κ3) is 2.12. The van der Waals surface area contributed by atoms with E-state index in [1.165, 1.54) is 0 Å². The second-order valence-corrected chi connectivity index (χ2v) is 5.27. The number of nitrogen functional groups attached to an aromatic ring is 1. The Hall–Kier alpha value is -2.52. The van der Waals surface area contributed by atoms with Crippen molar-refractivity contribution in [1.82, 2.24) is 9.99 Å². The van der Waals surface area contributed by atoms with Gasteiger partial charge in [-0.05, 0) is 19.1 Å². The van der Waals surface area contributed by atoms with E-state index in [1.807, 2.05) is 31.2 Å². The molecule has 0 radical (unpaired) electrons. The molecule has 0 bridgehead atoms. The maximum absolute atomic E-state index is 12.3. The number of aromatic nitrogens is 1. The summed E-state index contributed by atoms with van der Waals surface area (Å²) >= 11 is 0. The molecule has 1 aromatic heterocycles. The van der Waals surface area contributed by atoms with Crippen molar-refractivity contribution in [3.8, 4) is 6.07 Å². The number of hydrogen-bond acceptors (Lipinski definition) is 5. The largest absolute Gasteiger partial charge is 0.367 e. The van der Waals surface area contributed by atoms with Gasteiger partial charge in [0.2, 0.25) is 0 Å². The summed E-state index contributed by atoms with van der Waals surface area (Å²) in [5.74, 6) is 5.87. The SMILES string of the molecule is Cc1ccc2c(c1)c(N1CCNCC1)c(C#N)c(=O)n2N. The third-order valence-corrected chi connectivity index (χ3v) is 3.88. The molecule has 3 N–H and O–H groups in total. The van der Waals surface area contributed by atoms with E-state index in [2.05, 4.69) is 10.2 Å². The Bertz CT molecular complexity index is 796. The van der Waals surface area contributed by atoms with Gasteiger partial charge in [-0.25, -0.2) is 4.68 Å². The van der Waals surface area contributed by atoms with Crippen molar-refractivity contribution in [1.29, 1.82) is 5.26 Å². The molecule has 1 aromatic carbocycles. The Labute approximate surface area is 122 Å². The van der Waals surface area contributed by atoms with Gasteiger partial charge < -0.3 is 16.1 Å². The van der Waals surface area contributed by atoms with Crippen LogP contribution in [0.4, 0.5) is 5.69 Å². The molecule has 1 saturated heterocycles. The molecule has 6 heteroatoms. The van der Waals surface area contributed by atoms with Crippen molar-refractivity contribution in [3.63, 3.8) is 0 Å². The lowest BCUT2D eigenvalue weighted by molar-refractivity contribution is 0.589. The maximum Gasteiger partial charge on any atom is 0.289 e. The van der Waals surface area contributed by atoms with Gasteiger partial charge in [0.25, 0.3) is 5.56 Å². The summed E-state index contributed by atoms with van der Waals surface area (Å²) in [6, 6.07) is 7.77. The van der Waals surface area contributed by atoms with Crippen LogP contribution in [0.3, 0.4) is 0 Å². The predicted octanol–water partition coefficient (Wildman–Crippen LogP) is 0.305. The summed E-state index contributed by atoms with van der Waals surface area (Å²) in [6.07, 6.45) is 0. The number of nitrogens with two attached hydrogens (primary N) is 1. The fourth-order valence-corrected chi connectivity index (χ4v) is 2.83. The lowest BCUT2D eigenvalue weighted by Gasteiger charge is -2.31. The summed E-state index contributed by atoms with van der Waals surface area (Å²) in [7, 11) is 0. The minimum atomic E-state index is -0.442. The van der Waals surface area contributed by atoms with Crippen molar-refractivity contribution in [2.45, 2.75) is 6.92 Å². The molecule has 3 rings (SSSR count). The zero-order valence-corrected chi connectivity index (χ0v) is 11.9. The molecule has 0 unspecified atom stereocenters. The first-order valence-electron chi connectivity index (χ1n) is 6.93. The molecule has 21 heavy (non-hydrogen) atoms. The first kappa shape index (κ1) is 13.5. The average Bonchev–Trinajstić information content (AvgIpc) is 2.51. The fourth-order valence-electron chi connectivity index (χ4n) is 2.83. The van der Waals surface area contributed by atoms with Gasteiger partial charge in [-0.2, -0.15) is 5.26 Å². The van der Waals surface area contributed by atoms with Crippen molar-refractivity contribution < 1.29 is 0 Å². The van der Waals surface area contributed by atoms with Crippen LogP contribution in [0.15, 0.2) is 23.0 Å². The molecule has 108 valence electrons. The van der Waals surface area contributed by atoms with Crippen molar-refractivity contribution in [2.75, 3.05) is 36.9 Å². The zero-order valence-electron chi connectivity index (χ0n) is 11.9. The van der Waals surface area contributed by atoms with Crippen LogP contribution in [-0.2, 0) is 0 Å². The lowest BCUT2D eigenvalue weighted by Crippen LogP contribution is -2.45. The smallest absolute Gasteiger partial charge is 0.289 e. The fraction of sp³-hybridized carbons (Fsp3) is 0.333. The number of rotatable bonds is 1. The van der Waals surface area contributed by atoms with E-state index in [4.69, 9.17) is 5.84 Å². The van der Waals surface area contributed by atoms with Crippen LogP contribution in [0, 0.1) is 18.3 Å². The molecule has 0 aliphatic carbocycles. The van der Waals surface area contributed by atoms with Crippen molar-refractivity contribution in [2.24, 2.45) is 0 Å². The molecular formula is C15H17N5O. The van der Waals surface area contributed by atoms with Crippen LogP contribution in [-0.4, -0.2) is 30.9 Å². The minimum absolute atomic E-state index is 0.123. The Morgan fingerprint density at radius 1 is 1.33 bits per heavy atom. The number of pyridine rings is 1. The van der Waals surface area contributed by atoms with E-state index in [-0.39, 0.29) is 5.56 Å². The highest BCUT2D eigenvalue weighted by Gasteiger charge is 2.22. The highest BCUT2D eigenvalue weighted by atomic mass is 16.1. The number of fused-ring (bicyclic) bond motifs is 1. The Balaban J connectivity index is 2.39. The van der Waals surface area contributed by atoms with Gasteiger partial charge in [-0.15, -0.1) is 0 Å². The van der Waals surface area contributed by atoms with Gasteiger partial charge in [-0.1, -0.05) is 11.6 Å². The van der Waals surface area contributed by atoms with Crippen LogP contribution < -0.4 is 21.6 Å². The van der Waals surface area contributed by atoms with Gasteiger partial charge in [-0.3, -0.25) is 4.79 Å². The molecule has 2 heterocycles. The summed E-state index contributed by atoms with van der Waals surface area (Å²) in [4.78, 5) is 14.4. The van der Waals surface area contributed by atoms with E-state index >= 15 is 0 Å². The van der Waals surface area contributed by atoms with Crippen LogP contribution in [0.1, 0.15) is 11.1 Å². The summed E-state index contributed by atoms with van der Waals surface area (Å²) in [5.41, 5.74) is 2.11. The van der Waals surface area contributed by atoms with Gasteiger partial charge in [0.15, 0.2) is 0 Å². The van der Waals surface area contributed by atoms with Crippen LogP contribution >= 0.6 is 0 Å². The normalized spacial score (nSPS) is 15.1. The number of nitriles is 1. The molecular weight excluding hydrogens is 266 g/mol. The van der Waals surface area contributed by atoms with Crippen LogP contribution in [0.5, 0.6) is 0 Å². The highest BCUT2D eigenvalue weighted by Crippen LogP contribution is 2.29. The standard InChI is InChI=1S/C15H17N5O/c1-10-2-3-13-11(8-10)14(19-6-4-18-5-7-19)12(9-16)15(21)20(13)17/h2-3,8,18H,4-7,17H2,1H3. The quantitative estimate of drug-likeness (QED) is 0.735. The van der Waals surface area contributed by atoms with Crippen molar-refractivity contribution >= 4 is 16.6 Å². The lowest BCUT2D eigenvalue weighted by atomic mass is 10.1. The van der Waals surface area contributed by atoms with E-state index in [1.54, 1.807) is 0 Å². The monoisotopic (exact) mass is 283 g/mol. The topological polar surface area (TPSA) is 87.1 Å². The molecule has 1 aliphatic heterocycles. The summed E-state index contributed by atoms with van der Waals surface area (Å²) in [5, 5.41) is 13.6. The predicted molar refractivity (Wildman–Crippen MR) is 82.9 cm³/mol. The summed E-state index contributed by atoms with van der Waals surface area (Å²) in [6.45, 7) is 5.20. The second kappa shape index (κ2) is 5.11. The third-order valence-electron chi connectivity index (χ3n) is 3.88. The first-order valence-corrected chi connectivity index (χ1v) is 6.93. The first-order chi connectivity index (χ1) is 10.1. The molecule has 0 atom stereocenters. The van der Waals surface area contributed by atoms with E-state index < -0.39 is 5.56 Å². The molecule has 0 amide bonds. The van der Waals surface area contributed by atoms with Crippen molar-refractivity contribution in [3.05, 3.63) is 39.7 Å². The minimum Gasteiger partial charge on any atom is -0.367 e. The van der Waals surface area contributed by atoms with Gasteiger partial charge in [0, 0.05) is 31.6 Å². The second-order valence-electron chi connectivity index (χ2n) is 5.27. The zero-order chi connectivity index (χ0) is 15.0. The van der Waals surface area contributed by atoms with E-state index in [9.17, 15) is 10.1 Å². The molecule has 2 aromatic rings. The average molecular weight is 283 g/mol. The number of nitrogens with one attached hydrogen (secondary N) is 1. The molecule has 6 nitrogen and oxygen atoms in total. The number of piperazine rings is 1. The molecule has 1 aliphatic rings. The Kier molecular flexibility index (Phi) is 3.28. The Morgan fingerprint density at radius 2 is 2.05 bits per heavy atom. The van der Waals surface area contributed by atoms with Gasteiger partial charge in [0.05, 0.1) is 11.2 Å². The van der Waals surface area contributed by atoms with Gasteiger partial charge in [0.1, 0.15) is 11.6 Å². The maximum atomic E-state index is 12.3. The number of hydrogen-bond donors (Lipinski definition) is 2. The highest BCUT2D eigenvalue weighted by molar-refractivity contribution is 5.95. The summed E-state index contributed by atoms with van der Waals surface area (Å²) < 4.78 is 1.07. The van der Waals surface area contributed by atoms with Gasteiger partial charge >= 0.3 is 0 Å².